The van der Waals surface area contributed by atoms with E-state index in [-0.39, 0.29) is 18.4 Å². The van der Waals surface area contributed by atoms with Gasteiger partial charge in [0.25, 0.3) is 0 Å². The lowest BCUT2D eigenvalue weighted by molar-refractivity contribution is 0.209. The lowest BCUT2D eigenvalue weighted by Crippen LogP contribution is -2.36. The zero-order valence-corrected chi connectivity index (χ0v) is 11.7. The summed E-state index contributed by atoms with van der Waals surface area (Å²) in [7, 11) is 1.48. The van der Waals surface area contributed by atoms with Crippen molar-refractivity contribution in [3.05, 3.63) is 22.7 Å². The smallest absolute Gasteiger partial charge is 0.162 e. The predicted octanol–water partition coefficient (Wildman–Crippen LogP) is 2.16. The highest BCUT2D eigenvalue weighted by atomic mass is 35.5. The van der Waals surface area contributed by atoms with Crippen molar-refractivity contribution in [2.45, 2.75) is 26.4 Å². The van der Waals surface area contributed by atoms with Gasteiger partial charge in [-0.1, -0.05) is 25.4 Å². The van der Waals surface area contributed by atoms with E-state index in [0.717, 1.165) is 0 Å². The van der Waals surface area contributed by atoms with Gasteiger partial charge in [0.05, 0.1) is 13.7 Å². The molecule has 4 nitrogen and oxygen atoms in total. The molecule has 1 unspecified atom stereocenters. The molecule has 0 amide bonds. The third kappa shape index (κ3) is 3.77. The fourth-order valence-electron chi connectivity index (χ4n) is 1.67. The van der Waals surface area contributed by atoms with E-state index in [1.54, 1.807) is 12.1 Å². The number of ether oxygens (including phenoxy) is 1. The van der Waals surface area contributed by atoms with Gasteiger partial charge in [-0.15, -0.1) is 0 Å². The average Bonchev–Trinajstić information content (AvgIpc) is 2.33. The van der Waals surface area contributed by atoms with Crippen molar-refractivity contribution in [1.82, 2.24) is 5.32 Å². The van der Waals surface area contributed by atoms with E-state index in [4.69, 9.17) is 16.3 Å². The first-order valence-corrected chi connectivity index (χ1v) is 6.27. The lowest BCUT2D eigenvalue weighted by atomic mass is 10.0. The first-order valence-electron chi connectivity index (χ1n) is 5.89. The van der Waals surface area contributed by atoms with Crippen LogP contribution in [0.3, 0.4) is 0 Å². The Morgan fingerprint density at radius 3 is 2.56 bits per heavy atom. The largest absolute Gasteiger partial charge is 0.504 e. The summed E-state index contributed by atoms with van der Waals surface area (Å²) < 4.78 is 5.04. The minimum atomic E-state index is -0.0191. The molecule has 0 spiro atoms. The average molecular weight is 274 g/mol. The van der Waals surface area contributed by atoms with E-state index in [1.165, 1.54) is 7.11 Å². The van der Waals surface area contributed by atoms with Crippen LogP contribution in [0.15, 0.2) is 12.1 Å². The van der Waals surface area contributed by atoms with Crippen molar-refractivity contribution < 1.29 is 14.9 Å². The molecule has 0 aliphatic rings. The standard InChI is InChI=1S/C13H20ClNO3/c1-8(2)11(7-16)15-6-9-4-10(14)5-12(18-3)13(9)17/h4-5,8,11,15-17H,6-7H2,1-3H3. The molecule has 5 heteroatoms. The summed E-state index contributed by atoms with van der Waals surface area (Å²) in [5.74, 6) is 0.734. The van der Waals surface area contributed by atoms with Gasteiger partial charge >= 0.3 is 0 Å². The van der Waals surface area contributed by atoms with E-state index in [2.05, 4.69) is 5.32 Å². The Morgan fingerprint density at radius 1 is 1.39 bits per heavy atom. The zero-order chi connectivity index (χ0) is 13.7. The van der Waals surface area contributed by atoms with Crippen LogP contribution in [0.1, 0.15) is 19.4 Å². The van der Waals surface area contributed by atoms with Crippen LogP contribution in [0.25, 0.3) is 0 Å². The minimum absolute atomic E-state index is 0.0191. The molecule has 3 N–H and O–H groups in total. The number of rotatable bonds is 6. The Balaban J connectivity index is 2.81. The summed E-state index contributed by atoms with van der Waals surface area (Å²) in [4.78, 5) is 0. The molecule has 0 aliphatic carbocycles. The molecule has 1 rings (SSSR count). The molecule has 18 heavy (non-hydrogen) atoms. The number of aliphatic hydroxyl groups is 1. The fourth-order valence-corrected chi connectivity index (χ4v) is 1.90. The summed E-state index contributed by atoms with van der Waals surface area (Å²) in [5.41, 5.74) is 0.651. The van der Waals surface area contributed by atoms with E-state index in [1.807, 2.05) is 13.8 Å². The quantitative estimate of drug-likeness (QED) is 0.743. The summed E-state index contributed by atoms with van der Waals surface area (Å²) in [6, 6.07) is 3.22. The number of phenolic OH excluding ortho intramolecular Hbond substituents is 1. The van der Waals surface area contributed by atoms with Crippen LogP contribution in [-0.4, -0.2) is 30.0 Å². The Kier molecular flexibility index (Phi) is 5.72. The van der Waals surface area contributed by atoms with E-state index < -0.39 is 0 Å². The zero-order valence-electron chi connectivity index (χ0n) is 10.9. The van der Waals surface area contributed by atoms with Gasteiger partial charge in [0.2, 0.25) is 0 Å². The number of aromatic hydroxyl groups is 1. The number of methoxy groups -OCH3 is 1. The minimum Gasteiger partial charge on any atom is -0.504 e. The highest BCUT2D eigenvalue weighted by molar-refractivity contribution is 6.30. The second kappa shape index (κ2) is 6.83. The molecule has 1 aromatic rings. The Morgan fingerprint density at radius 2 is 2.06 bits per heavy atom. The number of hydrogen-bond donors (Lipinski definition) is 3. The molecule has 0 radical (unpaired) electrons. The van der Waals surface area contributed by atoms with Gasteiger partial charge in [0.1, 0.15) is 0 Å². The number of hydrogen-bond acceptors (Lipinski definition) is 4. The second-order valence-corrected chi connectivity index (χ2v) is 4.97. The van der Waals surface area contributed by atoms with Gasteiger partial charge in [-0.3, -0.25) is 0 Å². The molecule has 102 valence electrons. The van der Waals surface area contributed by atoms with E-state index in [0.29, 0.717) is 28.8 Å². The molecule has 0 saturated carbocycles. The third-order valence-electron chi connectivity index (χ3n) is 2.89. The second-order valence-electron chi connectivity index (χ2n) is 4.53. The van der Waals surface area contributed by atoms with Crippen LogP contribution < -0.4 is 10.1 Å². The van der Waals surface area contributed by atoms with Crippen LogP contribution in [0.4, 0.5) is 0 Å². The normalized spacial score (nSPS) is 12.8. The first-order chi connectivity index (χ1) is 8.49. The topological polar surface area (TPSA) is 61.7 Å². The van der Waals surface area contributed by atoms with Crippen molar-refractivity contribution in [3.8, 4) is 11.5 Å². The number of aliphatic hydroxyl groups excluding tert-OH is 1. The van der Waals surface area contributed by atoms with Gasteiger partial charge < -0.3 is 20.3 Å². The van der Waals surface area contributed by atoms with Crippen LogP contribution in [0.2, 0.25) is 5.02 Å². The molecule has 0 aromatic heterocycles. The lowest BCUT2D eigenvalue weighted by Gasteiger charge is -2.20. The number of halogens is 1. The number of nitrogens with one attached hydrogen (secondary N) is 1. The molecule has 0 heterocycles. The molecule has 1 aromatic carbocycles. The van der Waals surface area contributed by atoms with Crippen LogP contribution in [0, 0.1) is 5.92 Å². The summed E-state index contributed by atoms with van der Waals surface area (Å²) in [6.45, 7) is 4.51. The van der Waals surface area contributed by atoms with Gasteiger partial charge in [0.15, 0.2) is 11.5 Å². The molecule has 0 aliphatic heterocycles. The molecule has 0 fully saturated rings. The maximum atomic E-state index is 9.95. The Labute approximate surface area is 113 Å². The Bertz CT molecular complexity index is 396. The van der Waals surface area contributed by atoms with Crippen molar-refractivity contribution in [2.24, 2.45) is 5.92 Å². The van der Waals surface area contributed by atoms with Crippen LogP contribution >= 0.6 is 11.6 Å². The number of phenols is 1. The third-order valence-corrected chi connectivity index (χ3v) is 3.11. The maximum absolute atomic E-state index is 9.95. The highest BCUT2D eigenvalue weighted by Crippen LogP contribution is 2.33. The highest BCUT2D eigenvalue weighted by Gasteiger charge is 2.14. The summed E-state index contributed by atoms with van der Waals surface area (Å²) in [5, 5.41) is 22.9. The first kappa shape index (κ1) is 15.1. The molecule has 1 atom stereocenters. The molecule has 0 bridgehead atoms. The molecular formula is C13H20ClNO3. The van der Waals surface area contributed by atoms with Gasteiger partial charge in [-0.25, -0.2) is 0 Å². The van der Waals surface area contributed by atoms with E-state index in [9.17, 15) is 10.2 Å². The maximum Gasteiger partial charge on any atom is 0.162 e. The monoisotopic (exact) mass is 273 g/mol. The number of benzene rings is 1. The van der Waals surface area contributed by atoms with E-state index >= 15 is 0 Å². The summed E-state index contributed by atoms with van der Waals surface area (Å²) in [6.07, 6.45) is 0. The van der Waals surface area contributed by atoms with Crippen LogP contribution in [0.5, 0.6) is 11.5 Å². The van der Waals surface area contributed by atoms with Crippen molar-refractivity contribution in [3.63, 3.8) is 0 Å². The molecular weight excluding hydrogens is 254 g/mol. The van der Waals surface area contributed by atoms with Gasteiger partial charge in [-0.05, 0) is 12.0 Å². The Hall–Kier alpha value is -0.970. The van der Waals surface area contributed by atoms with Crippen LogP contribution in [-0.2, 0) is 6.54 Å². The molecule has 0 saturated heterocycles. The predicted molar refractivity (Wildman–Crippen MR) is 72.2 cm³/mol. The summed E-state index contributed by atoms with van der Waals surface area (Å²) >= 11 is 5.94. The van der Waals surface area contributed by atoms with Gasteiger partial charge in [-0.2, -0.15) is 0 Å². The SMILES string of the molecule is COc1cc(Cl)cc(CNC(CO)C(C)C)c1O. The van der Waals surface area contributed by atoms with Crippen molar-refractivity contribution >= 4 is 11.6 Å². The van der Waals surface area contributed by atoms with Crippen molar-refractivity contribution in [1.29, 1.82) is 0 Å². The van der Waals surface area contributed by atoms with Gasteiger partial charge in [0, 0.05) is 29.2 Å². The fraction of sp³-hybridized carbons (Fsp3) is 0.538. The van der Waals surface area contributed by atoms with Crippen molar-refractivity contribution in [2.75, 3.05) is 13.7 Å².